The first-order valence-electron chi connectivity index (χ1n) is 5.04. The molecule has 98 valence electrons. The average Bonchev–Trinajstić information content (AvgIpc) is 2.36. The summed E-state index contributed by atoms with van der Waals surface area (Å²) in [6.07, 6.45) is 0. The number of hydrogen-bond acceptors (Lipinski definition) is 1. The molecule has 0 aliphatic rings. The van der Waals surface area contributed by atoms with Gasteiger partial charge in [0.25, 0.3) is 0 Å². The quantitative estimate of drug-likeness (QED) is 0.552. The van der Waals surface area contributed by atoms with E-state index in [0.29, 0.717) is 5.02 Å². The molecule has 0 spiro atoms. The van der Waals surface area contributed by atoms with Crippen LogP contribution in [0.15, 0.2) is 30.3 Å². The van der Waals surface area contributed by atoms with Gasteiger partial charge in [-0.3, -0.25) is 4.79 Å². The number of hydrogen-bond donors (Lipinski definition) is 0. The first kappa shape index (κ1) is 14.3. The number of rotatable bonds is 2. The summed E-state index contributed by atoms with van der Waals surface area (Å²) in [5.41, 5.74) is -0.105. The summed E-state index contributed by atoms with van der Waals surface area (Å²) in [5.74, 6) is -2.92. The summed E-state index contributed by atoms with van der Waals surface area (Å²) in [4.78, 5) is 12.2. The van der Waals surface area contributed by atoms with Crippen LogP contribution in [-0.4, -0.2) is 5.78 Å². The number of halogens is 5. The minimum atomic E-state index is -1.16. The van der Waals surface area contributed by atoms with Crippen LogP contribution in [0.5, 0.6) is 0 Å². The van der Waals surface area contributed by atoms with Crippen molar-refractivity contribution in [3.63, 3.8) is 0 Å². The van der Waals surface area contributed by atoms with Crippen molar-refractivity contribution in [2.24, 2.45) is 0 Å². The number of benzene rings is 2. The van der Waals surface area contributed by atoms with E-state index >= 15 is 0 Å². The molecule has 0 fully saturated rings. The standard InChI is InChI=1S/C13H5Cl3F2O/c14-6-1-2-9(15)7(3-6)13(19)8-4-11(17)12(18)5-10(8)16/h1-5H. The van der Waals surface area contributed by atoms with Gasteiger partial charge in [0.15, 0.2) is 17.4 Å². The summed E-state index contributed by atoms with van der Waals surface area (Å²) in [6.45, 7) is 0. The van der Waals surface area contributed by atoms with Crippen LogP contribution in [0, 0.1) is 11.6 Å². The van der Waals surface area contributed by atoms with Gasteiger partial charge < -0.3 is 0 Å². The highest BCUT2D eigenvalue weighted by Crippen LogP contribution is 2.27. The van der Waals surface area contributed by atoms with E-state index in [1.54, 1.807) is 0 Å². The monoisotopic (exact) mass is 320 g/mol. The second kappa shape index (κ2) is 5.45. The maximum absolute atomic E-state index is 13.2. The van der Waals surface area contributed by atoms with Crippen molar-refractivity contribution in [1.29, 1.82) is 0 Å². The van der Waals surface area contributed by atoms with Crippen LogP contribution in [0.4, 0.5) is 8.78 Å². The van der Waals surface area contributed by atoms with Crippen molar-refractivity contribution in [1.82, 2.24) is 0 Å². The Hall–Kier alpha value is -1.16. The van der Waals surface area contributed by atoms with E-state index in [-0.39, 0.29) is 21.2 Å². The van der Waals surface area contributed by atoms with Gasteiger partial charge >= 0.3 is 0 Å². The van der Waals surface area contributed by atoms with Gasteiger partial charge in [0, 0.05) is 16.1 Å². The Morgan fingerprint density at radius 2 is 1.42 bits per heavy atom. The van der Waals surface area contributed by atoms with Crippen molar-refractivity contribution >= 4 is 40.6 Å². The molecule has 0 atom stereocenters. The number of carbonyl (C=O) groups is 1. The Balaban J connectivity index is 2.56. The Kier molecular flexibility index (Phi) is 4.09. The van der Waals surface area contributed by atoms with Gasteiger partial charge in [0.1, 0.15) is 0 Å². The predicted molar refractivity (Wildman–Crippen MR) is 71.3 cm³/mol. The second-order valence-electron chi connectivity index (χ2n) is 3.70. The lowest BCUT2D eigenvalue weighted by Crippen LogP contribution is -2.05. The lowest BCUT2D eigenvalue weighted by atomic mass is 10.0. The molecule has 2 aromatic rings. The highest BCUT2D eigenvalue weighted by molar-refractivity contribution is 6.39. The van der Waals surface area contributed by atoms with Gasteiger partial charge in [-0.1, -0.05) is 34.8 Å². The molecule has 0 saturated heterocycles. The first-order valence-corrected chi connectivity index (χ1v) is 6.18. The third-order valence-corrected chi connectivity index (χ3v) is 3.31. The molecule has 0 aromatic heterocycles. The van der Waals surface area contributed by atoms with Crippen molar-refractivity contribution in [3.05, 3.63) is 68.2 Å². The van der Waals surface area contributed by atoms with Crippen molar-refractivity contribution in [2.45, 2.75) is 0 Å². The summed E-state index contributed by atoms with van der Waals surface area (Å²) >= 11 is 17.4. The zero-order chi connectivity index (χ0) is 14.2. The van der Waals surface area contributed by atoms with Crippen LogP contribution in [0.25, 0.3) is 0 Å². The largest absolute Gasteiger partial charge is 0.288 e. The summed E-state index contributed by atoms with van der Waals surface area (Å²) in [5, 5.41) is 0.251. The van der Waals surface area contributed by atoms with E-state index < -0.39 is 17.4 Å². The molecule has 0 amide bonds. The average molecular weight is 322 g/mol. The minimum Gasteiger partial charge on any atom is -0.288 e. The van der Waals surface area contributed by atoms with Crippen LogP contribution in [0.2, 0.25) is 15.1 Å². The topological polar surface area (TPSA) is 17.1 Å². The molecular formula is C13H5Cl3F2O. The van der Waals surface area contributed by atoms with Crippen molar-refractivity contribution in [2.75, 3.05) is 0 Å². The molecule has 0 bridgehead atoms. The Morgan fingerprint density at radius 1 is 0.842 bits per heavy atom. The zero-order valence-corrected chi connectivity index (χ0v) is 11.5. The summed E-state index contributed by atoms with van der Waals surface area (Å²) in [6, 6.07) is 5.75. The maximum Gasteiger partial charge on any atom is 0.196 e. The molecule has 1 nitrogen and oxygen atoms in total. The van der Waals surface area contributed by atoms with Gasteiger partial charge in [-0.05, 0) is 30.3 Å². The van der Waals surface area contributed by atoms with Gasteiger partial charge in [-0.2, -0.15) is 0 Å². The van der Waals surface area contributed by atoms with Crippen molar-refractivity contribution < 1.29 is 13.6 Å². The Bertz CT molecular complexity index is 671. The molecule has 0 N–H and O–H groups in total. The van der Waals surface area contributed by atoms with E-state index in [9.17, 15) is 13.6 Å². The minimum absolute atomic E-state index is 0.0714. The molecule has 6 heteroatoms. The van der Waals surface area contributed by atoms with Crippen LogP contribution in [0.1, 0.15) is 15.9 Å². The molecule has 0 saturated carbocycles. The predicted octanol–water partition coefficient (Wildman–Crippen LogP) is 5.16. The number of carbonyl (C=O) groups excluding carboxylic acids is 1. The van der Waals surface area contributed by atoms with Crippen LogP contribution >= 0.6 is 34.8 Å². The molecule has 0 aliphatic carbocycles. The highest BCUT2D eigenvalue weighted by atomic mass is 35.5. The molecular weight excluding hydrogens is 316 g/mol. The molecule has 0 unspecified atom stereocenters. The SMILES string of the molecule is O=C(c1cc(Cl)ccc1Cl)c1cc(F)c(F)cc1Cl. The molecule has 2 aromatic carbocycles. The maximum atomic E-state index is 13.2. The lowest BCUT2D eigenvalue weighted by Gasteiger charge is -2.07. The van der Waals surface area contributed by atoms with Crippen LogP contribution in [0.3, 0.4) is 0 Å². The van der Waals surface area contributed by atoms with E-state index in [1.807, 2.05) is 0 Å². The zero-order valence-electron chi connectivity index (χ0n) is 9.18. The smallest absolute Gasteiger partial charge is 0.196 e. The second-order valence-corrected chi connectivity index (χ2v) is 4.95. The van der Waals surface area contributed by atoms with E-state index in [0.717, 1.165) is 12.1 Å². The van der Waals surface area contributed by atoms with Gasteiger partial charge in [-0.25, -0.2) is 8.78 Å². The summed E-state index contributed by atoms with van der Waals surface area (Å²) < 4.78 is 26.1. The number of ketones is 1. The fourth-order valence-electron chi connectivity index (χ4n) is 1.51. The third-order valence-electron chi connectivity index (χ3n) is 2.43. The van der Waals surface area contributed by atoms with Gasteiger partial charge in [0.05, 0.1) is 10.0 Å². The molecule has 2 rings (SSSR count). The van der Waals surface area contributed by atoms with Gasteiger partial charge in [-0.15, -0.1) is 0 Å². The third kappa shape index (κ3) is 2.89. The molecule has 0 aliphatic heterocycles. The van der Waals surface area contributed by atoms with Crippen molar-refractivity contribution in [3.8, 4) is 0 Å². The van der Waals surface area contributed by atoms with E-state index in [1.165, 1.54) is 18.2 Å². The Morgan fingerprint density at radius 3 is 2.11 bits per heavy atom. The van der Waals surface area contributed by atoms with Gasteiger partial charge in [0.2, 0.25) is 0 Å². The van der Waals surface area contributed by atoms with Crippen LogP contribution in [-0.2, 0) is 0 Å². The van der Waals surface area contributed by atoms with E-state index in [2.05, 4.69) is 0 Å². The normalized spacial score (nSPS) is 10.6. The molecule has 0 heterocycles. The summed E-state index contributed by atoms with van der Waals surface area (Å²) in [7, 11) is 0. The Labute approximate surface area is 122 Å². The fraction of sp³-hybridized carbons (Fsp3) is 0. The van der Waals surface area contributed by atoms with Crippen LogP contribution < -0.4 is 0 Å². The van der Waals surface area contributed by atoms with E-state index in [4.69, 9.17) is 34.8 Å². The lowest BCUT2D eigenvalue weighted by molar-refractivity contribution is 0.103. The highest BCUT2D eigenvalue weighted by Gasteiger charge is 2.19. The fourth-order valence-corrected chi connectivity index (χ4v) is 2.12. The molecule has 0 radical (unpaired) electrons. The molecule has 19 heavy (non-hydrogen) atoms. The first-order chi connectivity index (χ1) is 8.90.